The lowest BCUT2D eigenvalue weighted by atomic mass is 10.1. The Hall–Kier alpha value is -1.35. The zero-order valence-electron chi connectivity index (χ0n) is 12.5. The molecule has 110 valence electrons. The molecule has 1 atom stereocenters. The van der Waals surface area contributed by atoms with Crippen molar-refractivity contribution < 1.29 is 4.39 Å². The Morgan fingerprint density at radius 3 is 2.80 bits per heavy atom. The van der Waals surface area contributed by atoms with Crippen LogP contribution < -0.4 is 10.2 Å². The molecule has 0 aliphatic heterocycles. The standard InChI is InChI=1S/C17H25FN2/c1-4-10-19-13(3)14-6-9-17(16(18)12-14)20(11-5-2)15-7-8-15/h5-6,9,12-13,15,19H,2,4,7-8,10-11H2,1,3H3. The number of hydrogen-bond donors (Lipinski definition) is 1. The molecule has 1 fully saturated rings. The molecule has 2 nitrogen and oxygen atoms in total. The van der Waals surface area contributed by atoms with Crippen LogP contribution in [0.5, 0.6) is 0 Å². The Bertz CT molecular complexity index is 454. The zero-order chi connectivity index (χ0) is 14.5. The first-order valence-electron chi connectivity index (χ1n) is 7.57. The Morgan fingerprint density at radius 1 is 1.50 bits per heavy atom. The largest absolute Gasteiger partial charge is 0.362 e. The van der Waals surface area contributed by atoms with Gasteiger partial charge in [0.15, 0.2) is 0 Å². The second kappa shape index (κ2) is 6.89. The van der Waals surface area contributed by atoms with Gasteiger partial charge in [-0.3, -0.25) is 0 Å². The highest BCUT2D eigenvalue weighted by molar-refractivity contribution is 5.52. The highest BCUT2D eigenvalue weighted by Crippen LogP contribution is 2.33. The molecule has 0 radical (unpaired) electrons. The smallest absolute Gasteiger partial charge is 0.146 e. The zero-order valence-corrected chi connectivity index (χ0v) is 12.5. The summed E-state index contributed by atoms with van der Waals surface area (Å²) in [6.45, 7) is 9.64. The maximum Gasteiger partial charge on any atom is 0.146 e. The summed E-state index contributed by atoms with van der Waals surface area (Å²) in [4.78, 5) is 2.12. The Kier molecular flexibility index (Phi) is 5.18. The molecule has 0 heterocycles. The van der Waals surface area contributed by atoms with Crippen molar-refractivity contribution in [3.63, 3.8) is 0 Å². The van der Waals surface area contributed by atoms with Gasteiger partial charge in [0.25, 0.3) is 0 Å². The molecular formula is C17H25FN2. The Morgan fingerprint density at radius 2 is 2.25 bits per heavy atom. The van der Waals surface area contributed by atoms with E-state index in [4.69, 9.17) is 0 Å². The molecule has 0 aromatic heterocycles. The predicted molar refractivity (Wildman–Crippen MR) is 83.7 cm³/mol. The summed E-state index contributed by atoms with van der Waals surface area (Å²) in [5.74, 6) is -0.124. The maximum absolute atomic E-state index is 14.4. The molecule has 0 saturated heterocycles. The average molecular weight is 276 g/mol. The third-order valence-corrected chi connectivity index (χ3v) is 3.80. The summed E-state index contributed by atoms with van der Waals surface area (Å²) in [5.41, 5.74) is 1.72. The molecule has 20 heavy (non-hydrogen) atoms. The first kappa shape index (κ1) is 15.0. The van der Waals surface area contributed by atoms with Crippen LogP contribution >= 0.6 is 0 Å². The molecule has 1 saturated carbocycles. The van der Waals surface area contributed by atoms with Gasteiger partial charge in [0, 0.05) is 18.6 Å². The number of halogens is 1. The van der Waals surface area contributed by atoms with Crippen molar-refractivity contribution in [2.24, 2.45) is 0 Å². The van der Waals surface area contributed by atoms with Crippen LogP contribution in [0.1, 0.15) is 44.7 Å². The lowest BCUT2D eigenvalue weighted by Gasteiger charge is -2.24. The minimum absolute atomic E-state index is 0.124. The van der Waals surface area contributed by atoms with Gasteiger partial charge in [0.05, 0.1) is 5.69 Å². The second-order valence-electron chi connectivity index (χ2n) is 5.56. The van der Waals surface area contributed by atoms with Gasteiger partial charge in [0.2, 0.25) is 0 Å². The first-order valence-corrected chi connectivity index (χ1v) is 7.57. The van der Waals surface area contributed by atoms with E-state index in [0.29, 0.717) is 18.3 Å². The molecular weight excluding hydrogens is 251 g/mol. The van der Waals surface area contributed by atoms with Gasteiger partial charge in [-0.2, -0.15) is 0 Å². The molecule has 0 spiro atoms. The Balaban J connectivity index is 2.13. The summed E-state index contributed by atoms with van der Waals surface area (Å²) < 4.78 is 14.4. The fourth-order valence-corrected chi connectivity index (χ4v) is 2.47. The number of anilines is 1. The highest BCUT2D eigenvalue weighted by atomic mass is 19.1. The van der Waals surface area contributed by atoms with Gasteiger partial charge in [0.1, 0.15) is 5.82 Å². The lowest BCUT2D eigenvalue weighted by molar-refractivity contribution is 0.561. The second-order valence-corrected chi connectivity index (χ2v) is 5.56. The van der Waals surface area contributed by atoms with Crippen molar-refractivity contribution >= 4 is 5.69 Å². The maximum atomic E-state index is 14.4. The van der Waals surface area contributed by atoms with Crippen LogP contribution in [0.3, 0.4) is 0 Å². The SMILES string of the molecule is C=CCN(c1ccc(C(C)NCCC)cc1F)C1CC1. The molecule has 1 aliphatic carbocycles. The van der Waals surface area contributed by atoms with Gasteiger partial charge in [-0.25, -0.2) is 4.39 Å². The summed E-state index contributed by atoms with van der Waals surface area (Å²) in [7, 11) is 0. The fraction of sp³-hybridized carbons (Fsp3) is 0.529. The van der Waals surface area contributed by atoms with E-state index in [1.165, 1.54) is 0 Å². The molecule has 0 amide bonds. The van der Waals surface area contributed by atoms with Crippen molar-refractivity contribution in [3.8, 4) is 0 Å². The van der Waals surface area contributed by atoms with E-state index in [0.717, 1.165) is 31.4 Å². The molecule has 1 aromatic carbocycles. The normalized spacial score (nSPS) is 15.9. The van der Waals surface area contributed by atoms with E-state index >= 15 is 0 Å². The van der Waals surface area contributed by atoms with Crippen LogP contribution in [0.25, 0.3) is 0 Å². The summed E-state index contributed by atoms with van der Waals surface area (Å²) in [5, 5.41) is 3.39. The number of nitrogens with zero attached hydrogens (tertiary/aromatic N) is 1. The van der Waals surface area contributed by atoms with Crippen LogP contribution in [-0.4, -0.2) is 19.1 Å². The summed E-state index contributed by atoms with van der Waals surface area (Å²) in [6, 6.07) is 6.29. The van der Waals surface area contributed by atoms with Gasteiger partial charge in [-0.05, 0) is 50.4 Å². The molecule has 1 aromatic rings. The van der Waals surface area contributed by atoms with E-state index in [9.17, 15) is 4.39 Å². The van der Waals surface area contributed by atoms with E-state index in [-0.39, 0.29) is 11.9 Å². The average Bonchev–Trinajstić information content (AvgIpc) is 3.27. The van der Waals surface area contributed by atoms with Gasteiger partial charge in [-0.1, -0.05) is 19.1 Å². The van der Waals surface area contributed by atoms with Crippen LogP contribution in [0, 0.1) is 5.82 Å². The minimum atomic E-state index is -0.124. The van der Waals surface area contributed by atoms with Crippen molar-refractivity contribution in [3.05, 3.63) is 42.2 Å². The van der Waals surface area contributed by atoms with Crippen LogP contribution in [0.2, 0.25) is 0 Å². The van der Waals surface area contributed by atoms with Gasteiger partial charge in [-0.15, -0.1) is 6.58 Å². The van der Waals surface area contributed by atoms with Crippen molar-refractivity contribution in [1.29, 1.82) is 0 Å². The van der Waals surface area contributed by atoms with E-state index in [2.05, 4.69) is 30.6 Å². The van der Waals surface area contributed by atoms with Crippen LogP contribution in [-0.2, 0) is 0 Å². The number of nitrogens with one attached hydrogen (secondary N) is 1. The van der Waals surface area contributed by atoms with E-state index < -0.39 is 0 Å². The van der Waals surface area contributed by atoms with Crippen LogP contribution in [0.4, 0.5) is 10.1 Å². The third kappa shape index (κ3) is 3.60. The minimum Gasteiger partial charge on any atom is -0.362 e. The summed E-state index contributed by atoms with van der Waals surface area (Å²) in [6.07, 6.45) is 5.24. The van der Waals surface area contributed by atoms with Gasteiger partial charge < -0.3 is 10.2 Å². The number of hydrogen-bond acceptors (Lipinski definition) is 2. The van der Waals surface area contributed by atoms with E-state index in [1.54, 1.807) is 6.07 Å². The van der Waals surface area contributed by atoms with Gasteiger partial charge >= 0.3 is 0 Å². The molecule has 1 aliphatic rings. The summed E-state index contributed by atoms with van der Waals surface area (Å²) >= 11 is 0. The predicted octanol–water partition coefficient (Wildman–Crippen LogP) is 4.04. The highest BCUT2D eigenvalue weighted by Gasteiger charge is 2.30. The number of rotatable bonds is 8. The van der Waals surface area contributed by atoms with Crippen LogP contribution in [0.15, 0.2) is 30.9 Å². The third-order valence-electron chi connectivity index (χ3n) is 3.80. The topological polar surface area (TPSA) is 15.3 Å². The lowest BCUT2D eigenvalue weighted by Crippen LogP contribution is -2.27. The molecule has 0 bridgehead atoms. The number of benzene rings is 1. The first-order chi connectivity index (χ1) is 9.67. The Labute approximate surface area is 121 Å². The molecule has 2 rings (SSSR count). The van der Waals surface area contributed by atoms with E-state index in [1.807, 2.05) is 18.2 Å². The molecule has 1 N–H and O–H groups in total. The van der Waals surface area contributed by atoms with Crippen molar-refractivity contribution in [2.45, 2.75) is 45.2 Å². The monoisotopic (exact) mass is 276 g/mol. The quantitative estimate of drug-likeness (QED) is 0.721. The van der Waals surface area contributed by atoms with Crippen molar-refractivity contribution in [2.75, 3.05) is 18.0 Å². The van der Waals surface area contributed by atoms with Crippen molar-refractivity contribution in [1.82, 2.24) is 5.32 Å². The molecule has 1 unspecified atom stereocenters. The fourth-order valence-electron chi connectivity index (χ4n) is 2.47. The molecule has 3 heteroatoms.